The van der Waals surface area contributed by atoms with Crippen molar-refractivity contribution in [1.29, 1.82) is 0 Å². The van der Waals surface area contributed by atoms with Gasteiger partial charge in [0.05, 0.1) is 6.21 Å². The third-order valence-corrected chi connectivity index (χ3v) is 4.28. The minimum Gasteiger partial charge on any atom is -0.488 e. The number of hydrogen-bond acceptors (Lipinski definition) is 4. The molecule has 0 saturated carbocycles. The first-order chi connectivity index (χ1) is 13.8. The summed E-state index contributed by atoms with van der Waals surface area (Å²) in [7, 11) is 0. The Morgan fingerprint density at radius 3 is 2.57 bits per heavy atom. The van der Waals surface area contributed by atoms with Gasteiger partial charge in [-0.25, -0.2) is 9.37 Å². The van der Waals surface area contributed by atoms with Gasteiger partial charge in [0, 0.05) is 11.8 Å². The van der Waals surface area contributed by atoms with Gasteiger partial charge < -0.3 is 4.74 Å². The third-order valence-electron chi connectivity index (χ3n) is 4.28. The van der Waals surface area contributed by atoms with Crippen molar-refractivity contribution in [2.75, 3.05) is 5.43 Å². The number of rotatable bonds is 6. The number of hydrogen-bond donors (Lipinski definition) is 1. The zero-order chi connectivity index (χ0) is 19.2. The molecule has 1 N–H and O–H groups in total. The van der Waals surface area contributed by atoms with Gasteiger partial charge in [-0.05, 0) is 46.7 Å². The van der Waals surface area contributed by atoms with Crippen LogP contribution in [0.2, 0.25) is 0 Å². The van der Waals surface area contributed by atoms with E-state index in [1.165, 1.54) is 12.1 Å². The molecule has 0 aliphatic carbocycles. The molecule has 0 atom stereocenters. The molecule has 0 spiro atoms. The predicted molar refractivity (Wildman–Crippen MR) is 110 cm³/mol. The van der Waals surface area contributed by atoms with Crippen molar-refractivity contribution in [2.45, 2.75) is 6.61 Å². The van der Waals surface area contributed by atoms with E-state index in [9.17, 15) is 4.39 Å². The largest absolute Gasteiger partial charge is 0.488 e. The van der Waals surface area contributed by atoms with Crippen LogP contribution >= 0.6 is 0 Å². The lowest BCUT2D eigenvalue weighted by Crippen LogP contribution is -2.00. The first-order valence-corrected chi connectivity index (χ1v) is 8.89. The van der Waals surface area contributed by atoms with E-state index in [0.29, 0.717) is 18.2 Å². The second-order valence-corrected chi connectivity index (χ2v) is 6.20. The number of anilines is 1. The van der Waals surface area contributed by atoms with E-state index >= 15 is 0 Å². The normalized spacial score (nSPS) is 11.0. The summed E-state index contributed by atoms with van der Waals surface area (Å²) < 4.78 is 19.1. The number of nitrogens with one attached hydrogen (secondary N) is 1. The maximum Gasteiger partial charge on any atom is 0.146 e. The van der Waals surface area contributed by atoms with Crippen molar-refractivity contribution >= 4 is 22.8 Å². The van der Waals surface area contributed by atoms with Crippen LogP contribution in [0.15, 0.2) is 90.2 Å². The summed E-state index contributed by atoms with van der Waals surface area (Å²) in [6.45, 7) is 0.340. The predicted octanol–water partition coefficient (Wildman–Crippen LogP) is 5.40. The summed E-state index contributed by atoms with van der Waals surface area (Å²) in [5.74, 6) is 1.10. The molecule has 5 heteroatoms. The highest BCUT2D eigenvalue weighted by Gasteiger charge is 2.08. The summed E-state index contributed by atoms with van der Waals surface area (Å²) in [4.78, 5) is 4.19. The lowest BCUT2D eigenvalue weighted by molar-refractivity contribution is 0.306. The van der Waals surface area contributed by atoms with Crippen LogP contribution in [-0.2, 0) is 6.61 Å². The average Bonchev–Trinajstić information content (AvgIpc) is 2.75. The molecule has 0 unspecified atom stereocenters. The smallest absolute Gasteiger partial charge is 0.146 e. The fraction of sp³-hybridized carbons (Fsp3) is 0.0435. The number of pyridine rings is 1. The maximum absolute atomic E-state index is 13.1. The third kappa shape index (κ3) is 4.15. The van der Waals surface area contributed by atoms with Gasteiger partial charge in [0.15, 0.2) is 0 Å². The van der Waals surface area contributed by atoms with Gasteiger partial charge in [-0.15, -0.1) is 0 Å². The van der Waals surface area contributed by atoms with Gasteiger partial charge in [-0.2, -0.15) is 5.10 Å². The second kappa shape index (κ2) is 8.31. The molecule has 138 valence electrons. The molecule has 28 heavy (non-hydrogen) atoms. The van der Waals surface area contributed by atoms with E-state index in [1.54, 1.807) is 24.5 Å². The number of nitrogens with zero attached hydrogens (tertiary/aromatic N) is 2. The molecule has 1 heterocycles. The molecule has 0 saturated heterocycles. The molecule has 3 aromatic carbocycles. The second-order valence-electron chi connectivity index (χ2n) is 6.20. The van der Waals surface area contributed by atoms with Gasteiger partial charge in [0.1, 0.15) is 24.0 Å². The van der Waals surface area contributed by atoms with E-state index in [0.717, 1.165) is 21.9 Å². The monoisotopic (exact) mass is 371 g/mol. The Hall–Kier alpha value is -3.73. The maximum atomic E-state index is 13.1. The van der Waals surface area contributed by atoms with E-state index in [-0.39, 0.29) is 5.82 Å². The first kappa shape index (κ1) is 17.7. The molecule has 0 radical (unpaired) electrons. The van der Waals surface area contributed by atoms with Crippen molar-refractivity contribution in [1.82, 2.24) is 4.98 Å². The van der Waals surface area contributed by atoms with E-state index in [2.05, 4.69) is 15.5 Å². The van der Waals surface area contributed by atoms with Crippen molar-refractivity contribution in [3.8, 4) is 5.75 Å². The molecule has 4 aromatic rings. The fourth-order valence-electron chi connectivity index (χ4n) is 2.87. The van der Waals surface area contributed by atoms with Crippen LogP contribution < -0.4 is 10.2 Å². The molecular weight excluding hydrogens is 353 g/mol. The van der Waals surface area contributed by atoms with Gasteiger partial charge in [0.25, 0.3) is 0 Å². The van der Waals surface area contributed by atoms with Crippen LogP contribution in [0, 0.1) is 5.82 Å². The van der Waals surface area contributed by atoms with Crippen LogP contribution in [-0.4, -0.2) is 11.2 Å². The summed E-state index contributed by atoms with van der Waals surface area (Å²) in [6, 6.07) is 23.9. The minimum atomic E-state index is -0.261. The average molecular weight is 371 g/mol. The molecule has 4 rings (SSSR count). The summed E-state index contributed by atoms with van der Waals surface area (Å²) in [5.41, 5.74) is 4.68. The Morgan fingerprint density at radius 1 is 0.929 bits per heavy atom. The van der Waals surface area contributed by atoms with Crippen molar-refractivity contribution < 1.29 is 9.13 Å². The molecule has 1 aromatic heterocycles. The topological polar surface area (TPSA) is 46.5 Å². The Kier molecular flexibility index (Phi) is 5.24. The number of benzene rings is 3. The van der Waals surface area contributed by atoms with Gasteiger partial charge in [0.2, 0.25) is 0 Å². The molecule has 0 bridgehead atoms. The van der Waals surface area contributed by atoms with E-state index < -0.39 is 0 Å². The Bertz CT molecular complexity index is 1100. The molecule has 0 aliphatic rings. The number of halogens is 1. The SMILES string of the molecule is Fc1ccc(COc2ccc3ccccc3c2C=NNc2ccccn2)cc1. The molecule has 0 amide bonds. The number of hydrazone groups is 1. The van der Waals surface area contributed by atoms with E-state index in [4.69, 9.17) is 4.74 Å². The zero-order valence-corrected chi connectivity index (χ0v) is 15.0. The van der Waals surface area contributed by atoms with Crippen LogP contribution in [0.5, 0.6) is 5.75 Å². The molecule has 0 aliphatic heterocycles. The Balaban J connectivity index is 1.61. The van der Waals surface area contributed by atoms with Crippen LogP contribution in [0.25, 0.3) is 10.8 Å². The number of fused-ring (bicyclic) bond motifs is 1. The Labute approximate surface area is 162 Å². The minimum absolute atomic E-state index is 0.261. The van der Waals surface area contributed by atoms with Gasteiger partial charge in [-0.1, -0.05) is 48.5 Å². The fourth-order valence-corrected chi connectivity index (χ4v) is 2.87. The summed E-state index contributed by atoms with van der Waals surface area (Å²) in [5, 5.41) is 6.45. The molecular formula is C23H18FN3O. The summed E-state index contributed by atoms with van der Waals surface area (Å²) in [6.07, 6.45) is 3.43. The van der Waals surface area contributed by atoms with E-state index in [1.807, 2.05) is 54.6 Å². The quantitative estimate of drug-likeness (QED) is 0.365. The first-order valence-electron chi connectivity index (χ1n) is 8.89. The van der Waals surface area contributed by atoms with Crippen LogP contribution in [0.3, 0.4) is 0 Å². The van der Waals surface area contributed by atoms with Crippen molar-refractivity contribution in [2.24, 2.45) is 5.10 Å². The standard InChI is InChI=1S/C23H18FN3O/c24-19-11-8-17(9-12-19)16-28-22-13-10-18-5-1-2-6-20(18)21(22)15-26-27-23-7-3-4-14-25-23/h1-15H,16H2,(H,25,27). The highest BCUT2D eigenvalue weighted by Crippen LogP contribution is 2.27. The van der Waals surface area contributed by atoms with Gasteiger partial charge in [-0.3, -0.25) is 5.43 Å². The molecule has 4 nitrogen and oxygen atoms in total. The Morgan fingerprint density at radius 2 is 1.75 bits per heavy atom. The molecule has 0 fully saturated rings. The highest BCUT2D eigenvalue weighted by atomic mass is 19.1. The highest BCUT2D eigenvalue weighted by molar-refractivity contribution is 6.02. The summed E-state index contributed by atoms with van der Waals surface area (Å²) >= 11 is 0. The van der Waals surface area contributed by atoms with Crippen molar-refractivity contribution in [3.05, 3.63) is 102 Å². The van der Waals surface area contributed by atoms with Crippen molar-refractivity contribution in [3.63, 3.8) is 0 Å². The number of ether oxygens (including phenoxy) is 1. The van der Waals surface area contributed by atoms with Crippen LogP contribution in [0.4, 0.5) is 10.2 Å². The zero-order valence-electron chi connectivity index (χ0n) is 15.0. The van der Waals surface area contributed by atoms with Gasteiger partial charge >= 0.3 is 0 Å². The number of aromatic nitrogens is 1. The van der Waals surface area contributed by atoms with Crippen LogP contribution in [0.1, 0.15) is 11.1 Å². The lowest BCUT2D eigenvalue weighted by Gasteiger charge is -2.12. The lowest BCUT2D eigenvalue weighted by atomic mass is 10.0.